The molecule has 2 saturated heterocycles. The smallest absolute Gasteiger partial charge is 0.274 e. The van der Waals surface area contributed by atoms with Crippen molar-refractivity contribution in [2.24, 2.45) is 5.92 Å². The van der Waals surface area contributed by atoms with Crippen molar-refractivity contribution in [2.45, 2.75) is 77.5 Å². The second-order valence-electron chi connectivity index (χ2n) is 8.51. The molecule has 3 rings (SSSR count). The van der Waals surface area contributed by atoms with Crippen LogP contribution in [-0.2, 0) is 9.53 Å². The number of nitrogens with zero attached hydrogens (tertiary/aromatic N) is 3. The fourth-order valence-corrected chi connectivity index (χ4v) is 4.85. The topological polar surface area (TPSA) is 76.5 Å². The SMILES string of the molecule is C=CC(=O)NC1CCCOC1C1CCN(C(=O)c2cc(C)n(C(CC)CC)n2)CC1. The Morgan fingerprint density at radius 2 is 2.00 bits per heavy atom. The molecule has 0 aliphatic carbocycles. The van der Waals surface area contributed by atoms with Gasteiger partial charge in [0.1, 0.15) is 0 Å². The van der Waals surface area contributed by atoms with Gasteiger partial charge in [-0.1, -0.05) is 20.4 Å². The maximum absolute atomic E-state index is 13.0. The third-order valence-corrected chi connectivity index (χ3v) is 6.60. The Kier molecular flexibility index (Phi) is 7.69. The van der Waals surface area contributed by atoms with Crippen LogP contribution in [0.25, 0.3) is 0 Å². The van der Waals surface area contributed by atoms with Crippen molar-refractivity contribution in [1.29, 1.82) is 0 Å². The highest BCUT2D eigenvalue weighted by Crippen LogP contribution is 2.29. The Morgan fingerprint density at radius 1 is 1.30 bits per heavy atom. The molecule has 1 N–H and O–H groups in total. The second-order valence-corrected chi connectivity index (χ2v) is 8.51. The van der Waals surface area contributed by atoms with Gasteiger partial charge in [-0.15, -0.1) is 0 Å². The predicted molar refractivity (Wildman–Crippen MR) is 116 cm³/mol. The van der Waals surface area contributed by atoms with E-state index in [2.05, 4.69) is 30.8 Å². The maximum atomic E-state index is 13.0. The van der Waals surface area contributed by atoms with E-state index in [0.29, 0.717) is 30.7 Å². The van der Waals surface area contributed by atoms with E-state index in [1.54, 1.807) is 0 Å². The maximum Gasteiger partial charge on any atom is 0.274 e. The normalized spacial score (nSPS) is 22.9. The van der Waals surface area contributed by atoms with Crippen LogP contribution in [0.15, 0.2) is 18.7 Å². The van der Waals surface area contributed by atoms with Gasteiger partial charge in [-0.25, -0.2) is 0 Å². The molecule has 7 nitrogen and oxygen atoms in total. The molecule has 2 aliphatic rings. The Morgan fingerprint density at radius 3 is 2.63 bits per heavy atom. The van der Waals surface area contributed by atoms with E-state index >= 15 is 0 Å². The van der Waals surface area contributed by atoms with Crippen molar-refractivity contribution in [3.05, 3.63) is 30.1 Å². The first-order valence-electron chi connectivity index (χ1n) is 11.4. The van der Waals surface area contributed by atoms with Crippen LogP contribution in [0.5, 0.6) is 0 Å². The minimum Gasteiger partial charge on any atom is -0.376 e. The Hall–Kier alpha value is -2.15. The number of hydrogen-bond acceptors (Lipinski definition) is 4. The molecule has 7 heteroatoms. The van der Waals surface area contributed by atoms with Gasteiger partial charge < -0.3 is 15.0 Å². The minimum atomic E-state index is -0.147. The number of likely N-dealkylation sites (tertiary alicyclic amines) is 1. The highest BCUT2D eigenvalue weighted by atomic mass is 16.5. The summed E-state index contributed by atoms with van der Waals surface area (Å²) in [6, 6.07) is 2.27. The van der Waals surface area contributed by atoms with Crippen molar-refractivity contribution in [3.8, 4) is 0 Å². The van der Waals surface area contributed by atoms with E-state index in [1.165, 1.54) is 6.08 Å². The van der Waals surface area contributed by atoms with Gasteiger partial charge in [0.05, 0.1) is 18.2 Å². The summed E-state index contributed by atoms with van der Waals surface area (Å²) in [6.07, 6.45) is 6.97. The third-order valence-electron chi connectivity index (χ3n) is 6.60. The molecule has 2 amide bonds. The van der Waals surface area contributed by atoms with Crippen molar-refractivity contribution in [3.63, 3.8) is 0 Å². The van der Waals surface area contributed by atoms with Crippen LogP contribution in [0, 0.1) is 12.8 Å². The van der Waals surface area contributed by atoms with Crippen molar-refractivity contribution in [2.75, 3.05) is 19.7 Å². The van der Waals surface area contributed by atoms with Crippen molar-refractivity contribution in [1.82, 2.24) is 20.0 Å². The first kappa shape index (κ1) is 22.5. The summed E-state index contributed by atoms with van der Waals surface area (Å²) < 4.78 is 8.06. The lowest BCUT2D eigenvalue weighted by Gasteiger charge is -2.41. The number of piperidine rings is 1. The zero-order valence-electron chi connectivity index (χ0n) is 18.6. The van der Waals surface area contributed by atoms with Crippen LogP contribution < -0.4 is 5.32 Å². The molecule has 2 unspecified atom stereocenters. The van der Waals surface area contributed by atoms with Crippen LogP contribution in [0.3, 0.4) is 0 Å². The third kappa shape index (κ3) is 4.94. The average molecular weight is 417 g/mol. The molecule has 0 saturated carbocycles. The Balaban J connectivity index is 1.61. The Labute approximate surface area is 179 Å². The molecular weight excluding hydrogens is 380 g/mol. The van der Waals surface area contributed by atoms with E-state index in [0.717, 1.165) is 50.8 Å². The van der Waals surface area contributed by atoms with Crippen LogP contribution >= 0.6 is 0 Å². The number of hydrogen-bond donors (Lipinski definition) is 1. The highest BCUT2D eigenvalue weighted by Gasteiger charge is 2.36. The van der Waals surface area contributed by atoms with Crippen LogP contribution in [0.1, 0.15) is 74.6 Å². The van der Waals surface area contributed by atoms with Gasteiger partial charge in [0.15, 0.2) is 5.69 Å². The van der Waals surface area contributed by atoms with Crippen molar-refractivity contribution < 1.29 is 14.3 Å². The lowest BCUT2D eigenvalue weighted by molar-refractivity contribution is -0.121. The zero-order valence-corrected chi connectivity index (χ0v) is 18.6. The fraction of sp³-hybridized carbons (Fsp3) is 0.696. The molecule has 30 heavy (non-hydrogen) atoms. The summed E-state index contributed by atoms with van der Waals surface area (Å²) in [5.41, 5.74) is 1.58. The first-order chi connectivity index (χ1) is 14.5. The molecule has 166 valence electrons. The molecule has 0 bridgehead atoms. The van der Waals surface area contributed by atoms with Gasteiger partial charge in [0.2, 0.25) is 5.91 Å². The molecule has 3 heterocycles. The quantitative estimate of drug-likeness (QED) is 0.692. The van der Waals surface area contributed by atoms with Gasteiger partial charge in [-0.05, 0) is 63.5 Å². The number of rotatable bonds is 7. The summed E-state index contributed by atoms with van der Waals surface area (Å²) >= 11 is 0. The summed E-state index contributed by atoms with van der Waals surface area (Å²) in [7, 11) is 0. The number of ether oxygens (including phenoxy) is 1. The monoisotopic (exact) mass is 416 g/mol. The van der Waals surface area contributed by atoms with Gasteiger partial charge in [0, 0.05) is 25.4 Å². The van der Waals surface area contributed by atoms with Crippen LogP contribution in [-0.4, -0.2) is 58.3 Å². The van der Waals surface area contributed by atoms with Gasteiger partial charge in [-0.2, -0.15) is 5.10 Å². The van der Waals surface area contributed by atoms with E-state index < -0.39 is 0 Å². The van der Waals surface area contributed by atoms with E-state index in [1.807, 2.05) is 22.6 Å². The van der Waals surface area contributed by atoms with E-state index in [-0.39, 0.29) is 24.0 Å². The number of aromatic nitrogens is 2. The average Bonchev–Trinajstić information content (AvgIpc) is 3.16. The van der Waals surface area contributed by atoms with Crippen LogP contribution in [0.2, 0.25) is 0 Å². The van der Waals surface area contributed by atoms with E-state index in [4.69, 9.17) is 4.74 Å². The lowest BCUT2D eigenvalue weighted by atomic mass is 9.84. The van der Waals surface area contributed by atoms with Gasteiger partial charge in [0.25, 0.3) is 5.91 Å². The predicted octanol–water partition coefficient (Wildman–Crippen LogP) is 3.25. The lowest BCUT2D eigenvalue weighted by Crippen LogP contribution is -2.52. The summed E-state index contributed by atoms with van der Waals surface area (Å²) in [5, 5.41) is 7.66. The molecule has 2 atom stereocenters. The number of aryl methyl sites for hydroxylation is 1. The van der Waals surface area contributed by atoms with Crippen molar-refractivity contribution >= 4 is 11.8 Å². The molecule has 0 aromatic carbocycles. The highest BCUT2D eigenvalue weighted by molar-refractivity contribution is 5.92. The van der Waals surface area contributed by atoms with E-state index in [9.17, 15) is 9.59 Å². The minimum absolute atomic E-state index is 0.0104. The Bertz CT molecular complexity index is 748. The fourth-order valence-electron chi connectivity index (χ4n) is 4.85. The number of carbonyl (C=O) groups excluding carboxylic acids is 2. The largest absolute Gasteiger partial charge is 0.376 e. The second kappa shape index (κ2) is 10.2. The summed E-state index contributed by atoms with van der Waals surface area (Å²) in [6.45, 7) is 12.0. The molecule has 1 aromatic rings. The number of nitrogens with one attached hydrogen (secondary N) is 1. The molecular formula is C23H36N4O3. The molecule has 1 aromatic heterocycles. The molecule has 0 radical (unpaired) electrons. The molecule has 0 spiro atoms. The summed E-state index contributed by atoms with van der Waals surface area (Å²) in [4.78, 5) is 26.7. The van der Waals surface area contributed by atoms with Crippen LogP contribution in [0.4, 0.5) is 0 Å². The molecule has 2 fully saturated rings. The number of carbonyl (C=O) groups is 2. The number of amides is 2. The van der Waals surface area contributed by atoms with Gasteiger partial charge >= 0.3 is 0 Å². The standard InChI is InChI=1S/C23H36N4O3/c1-5-18(6-2)27-16(4)15-20(25-27)23(29)26-12-10-17(11-13-26)22-19(9-8-14-30-22)24-21(28)7-3/h7,15,17-19,22H,3,5-6,8-14H2,1-2,4H3,(H,24,28). The summed E-state index contributed by atoms with van der Waals surface area (Å²) in [5.74, 6) is 0.210. The molecule has 2 aliphatic heterocycles. The first-order valence-corrected chi connectivity index (χ1v) is 11.4. The zero-order chi connectivity index (χ0) is 21.7. The van der Waals surface area contributed by atoms with Gasteiger partial charge in [-0.3, -0.25) is 14.3 Å².